The van der Waals surface area contributed by atoms with Gasteiger partial charge in [-0.3, -0.25) is 0 Å². The second kappa shape index (κ2) is 3.68. The molecular weight excluding hydrogens is 164 g/mol. The normalized spacial score (nSPS) is 49.2. The highest BCUT2D eigenvalue weighted by atomic mass is 16.7. The molecule has 1 aliphatic heterocycles. The lowest BCUT2D eigenvalue weighted by Crippen LogP contribution is -2.57. The van der Waals surface area contributed by atoms with Gasteiger partial charge in [-0.2, -0.15) is 0 Å². The summed E-state index contributed by atoms with van der Waals surface area (Å²) in [6.07, 6.45) is -4.86. The maximum absolute atomic E-state index is 9.27. The number of ether oxygens (including phenoxy) is 2. The van der Waals surface area contributed by atoms with Crippen LogP contribution in [0.3, 0.4) is 0 Å². The Bertz CT molecular complexity index is 146. The molecule has 2 unspecified atom stereocenters. The SMILES string of the molecule is CO[C@H]1OC(C)[C@H](O)C(O)[C@@H]1O. The van der Waals surface area contributed by atoms with Crippen LogP contribution in [-0.4, -0.2) is 53.1 Å². The van der Waals surface area contributed by atoms with Crippen molar-refractivity contribution in [2.75, 3.05) is 7.11 Å². The van der Waals surface area contributed by atoms with Crippen molar-refractivity contribution in [3.8, 4) is 0 Å². The quantitative estimate of drug-likeness (QED) is 0.453. The van der Waals surface area contributed by atoms with Crippen molar-refractivity contribution in [3.05, 3.63) is 0 Å². The summed E-state index contributed by atoms with van der Waals surface area (Å²) < 4.78 is 9.80. The van der Waals surface area contributed by atoms with E-state index in [-0.39, 0.29) is 0 Å². The van der Waals surface area contributed by atoms with Crippen LogP contribution in [0.5, 0.6) is 0 Å². The Kier molecular flexibility index (Phi) is 3.03. The zero-order chi connectivity index (χ0) is 9.30. The number of hydrogen-bond acceptors (Lipinski definition) is 5. The first-order chi connectivity index (χ1) is 5.57. The van der Waals surface area contributed by atoms with E-state index >= 15 is 0 Å². The zero-order valence-electron chi connectivity index (χ0n) is 7.04. The van der Waals surface area contributed by atoms with E-state index in [1.807, 2.05) is 0 Å². The van der Waals surface area contributed by atoms with Crippen molar-refractivity contribution >= 4 is 0 Å². The number of aliphatic hydroxyl groups is 3. The number of aliphatic hydroxyl groups excluding tert-OH is 3. The molecule has 3 N–H and O–H groups in total. The van der Waals surface area contributed by atoms with Gasteiger partial charge in [0.1, 0.15) is 18.3 Å². The minimum Gasteiger partial charge on any atom is -0.388 e. The predicted octanol–water partition coefficient (Wildman–Crippen LogP) is -1.54. The van der Waals surface area contributed by atoms with Crippen LogP contribution in [0.25, 0.3) is 0 Å². The minimum atomic E-state index is -1.21. The summed E-state index contributed by atoms with van der Waals surface area (Å²) in [5.41, 5.74) is 0. The summed E-state index contributed by atoms with van der Waals surface area (Å²) in [7, 11) is 1.37. The Morgan fingerprint density at radius 3 is 2.17 bits per heavy atom. The van der Waals surface area contributed by atoms with Crippen molar-refractivity contribution in [2.45, 2.75) is 37.6 Å². The lowest BCUT2D eigenvalue weighted by molar-refractivity contribution is -0.286. The lowest BCUT2D eigenvalue weighted by Gasteiger charge is -2.38. The van der Waals surface area contributed by atoms with Crippen molar-refractivity contribution in [2.24, 2.45) is 0 Å². The second-order valence-electron chi connectivity index (χ2n) is 2.92. The fraction of sp³-hybridized carbons (Fsp3) is 1.00. The van der Waals surface area contributed by atoms with Gasteiger partial charge in [-0.1, -0.05) is 0 Å². The van der Waals surface area contributed by atoms with Gasteiger partial charge >= 0.3 is 0 Å². The molecule has 0 aromatic heterocycles. The molecule has 0 radical (unpaired) electrons. The van der Waals surface area contributed by atoms with Crippen LogP contribution in [-0.2, 0) is 9.47 Å². The molecule has 0 saturated carbocycles. The van der Waals surface area contributed by atoms with Gasteiger partial charge in [-0.15, -0.1) is 0 Å². The summed E-state index contributed by atoms with van der Waals surface area (Å²) in [6, 6.07) is 0. The van der Waals surface area contributed by atoms with Crippen LogP contribution in [0.15, 0.2) is 0 Å². The van der Waals surface area contributed by atoms with Crippen LogP contribution < -0.4 is 0 Å². The van der Waals surface area contributed by atoms with Crippen LogP contribution in [0.2, 0.25) is 0 Å². The second-order valence-corrected chi connectivity index (χ2v) is 2.92. The van der Waals surface area contributed by atoms with E-state index in [2.05, 4.69) is 0 Å². The largest absolute Gasteiger partial charge is 0.388 e. The van der Waals surface area contributed by atoms with Crippen LogP contribution in [0.4, 0.5) is 0 Å². The third-order valence-corrected chi connectivity index (χ3v) is 2.04. The van der Waals surface area contributed by atoms with Gasteiger partial charge in [-0.25, -0.2) is 0 Å². The third kappa shape index (κ3) is 1.60. The van der Waals surface area contributed by atoms with Crippen LogP contribution in [0.1, 0.15) is 6.92 Å². The van der Waals surface area contributed by atoms with Crippen molar-refractivity contribution in [3.63, 3.8) is 0 Å². The molecule has 1 heterocycles. The van der Waals surface area contributed by atoms with E-state index in [0.29, 0.717) is 0 Å². The van der Waals surface area contributed by atoms with Crippen molar-refractivity contribution < 1.29 is 24.8 Å². The third-order valence-electron chi connectivity index (χ3n) is 2.04. The fourth-order valence-electron chi connectivity index (χ4n) is 1.21. The highest BCUT2D eigenvalue weighted by molar-refractivity contribution is 4.86. The Morgan fingerprint density at radius 1 is 1.08 bits per heavy atom. The van der Waals surface area contributed by atoms with Gasteiger partial charge in [0.2, 0.25) is 0 Å². The average molecular weight is 178 g/mol. The van der Waals surface area contributed by atoms with E-state index in [1.54, 1.807) is 6.92 Å². The topological polar surface area (TPSA) is 79.2 Å². The van der Waals surface area contributed by atoms with E-state index in [4.69, 9.17) is 9.47 Å². The molecule has 1 rings (SSSR count). The van der Waals surface area contributed by atoms with E-state index < -0.39 is 30.7 Å². The molecule has 0 amide bonds. The molecule has 5 nitrogen and oxygen atoms in total. The smallest absolute Gasteiger partial charge is 0.186 e. The Hall–Kier alpha value is -0.200. The molecule has 0 aliphatic carbocycles. The Balaban J connectivity index is 2.63. The van der Waals surface area contributed by atoms with Gasteiger partial charge in [0.05, 0.1) is 6.10 Å². The maximum Gasteiger partial charge on any atom is 0.186 e. The van der Waals surface area contributed by atoms with E-state index in [0.717, 1.165) is 0 Å². The zero-order valence-corrected chi connectivity index (χ0v) is 7.04. The first kappa shape index (κ1) is 9.88. The molecule has 0 spiro atoms. The minimum absolute atomic E-state index is 0.534. The lowest BCUT2D eigenvalue weighted by atomic mass is 10.0. The summed E-state index contributed by atoms with van der Waals surface area (Å²) in [5, 5.41) is 27.8. The van der Waals surface area contributed by atoms with Gasteiger partial charge in [0.25, 0.3) is 0 Å². The number of hydrogen-bond donors (Lipinski definition) is 3. The molecule has 0 bridgehead atoms. The van der Waals surface area contributed by atoms with Gasteiger partial charge < -0.3 is 24.8 Å². The molecule has 1 aliphatic rings. The molecular formula is C7H14O5. The first-order valence-electron chi connectivity index (χ1n) is 3.80. The Labute approximate surface area is 70.5 Å². The molecule has 5 heteroatoms. The number of rotatable bonds is 1. The van der Waals surface area contributed by atoms with Gasteiger partial charge in [0.15, 0.2) is 6.29 Å². The van der Waals surface area contributed by atoms with Gasteiger partial charge in [0, 0.05) is 7.11 Å². The molecule has 1 fully saturated rings. The predicted molar refractivity (Wildman–Crippen MR) is 39.4 cm³/mol. The molecule has 0 aromatic rings. The monoisotopic (exact) mass is 178 g/mol. The van der Waals surface area contributed by atoms with Crippen molar-refractivity contribution in [1.82, 2.24) is 0 Å². The molecule has 1 saturated heterocycles. The van der Waals surface area contributed by atoms with Crippen molar-refractivity contribution in [1.29, 1.82) is 0 Å². The van der Waals surface area contributed by atoms with E-state index in [9.17, 15) is 15.3 Å². The Morgan fingerprint density at radius 2 is 1.67 bits per heavy atom. The summed E-state index contributed by atoms with van der Waals surface area (Å²) in [4.78, 5) is 0. The summed E-state index contributed by atoms with van der Waals surface area (Å²) >= 11 is 0. The highest BCUT2D eigenvalue weighted by Gasteiger charge is 2.41. The summed E-state index contributed by atoms with van der Waals surface area (Å²) in [5.74, 6) is 0. The summed E-state index contributed by atoms with van der Waals surface area (Å²) in [6.45, 7) is 1.60. The first-order valence-corrected chi connectivity index (χ1v) is 3.80. The van der Waals surface area contributed by atoms with Crippen LogP contribution >= 0.6 is 0 Å². The standard InChI is InChI=1S/C7H14O5/c1-3-4(8)5(9)6(10)7(11-2)12-3/h3-10H,1-2H3/t3?,4-,5?,6-,7-/m0/s1. The molecule has 72 valence electrons. The van der Waals surface area contributed by atoms with E-state index in [1.165, 1.54) is 7.11 Å². The fourth-order valence-corrected chi connectivity index (χ4v) is 1.21. The highest BCUT2D eigenvalue weighted by Crippen LogP contribution is 2.20. The maximum atomic E-state index is 9.27. The molecule has 12 heavy (non-hydrogen) atoms. The van der Waals surface area contributed by atoms with Gasteiger partial charge in [-0.05, 0) is 6.92 Å². The molecule has 0 aromatic carbocycles. The van der Waals surface area contributed by atoms with Crippen LogP contribution in [0, 0.1) is 0 Å². The molecule has 5 atom stereocenters. The number of methoxy groups -OCH3 is 1. The average Bonchev–Trinajstić information content (AvgIpc) is 2.08.